The fourth-order valence-electron chi connectivity index (χ4n) is 4.58. The Balaban J connectivity index is 1.46. The molecule has 4 heterocycles. The molecular weight excluding hydrogens is 336 g/mol. The van der Waals surface area contributed by atoms with Gasteiger partial charge >= 0.3 is 0 Å². The number of hydrogen-bond donors (Lipinski definition) is 2. The molecule has 0 saturated carbocycles. The van der Waals surface area contributed by atoms with Gasteiger partial charge in [0.1, 0.15) is 0 Å². The molecule has 8 nitrogen and oxygen atoms in total. The molecule has 140 valence electrons. The second kappa shape index (κ2) is 6.29. The monoisotopic (exact) mass is 360 g/mol. The number of hydroxylamine groups is 1. The minimum atomic E-state index is -0.543. The van der Waals surface area contributed by atoms with Gasteiger partial charge in [-0.05, 0) is 18.1 Å². The number of pyridine rings is 1. The van der Waals surface area contributed by atoms with E-state index in [2.05, 4.69) is 16.8 Å². The lowest BCUT2D eigenvalue weighted by Crippen LogP contribution is -2.55. The number of ether oxygens (including phenoxy) is 1. The van der Waals surface area contributed by atoms with E-state index in [1.165, 1.54) is 6.20 Å². The highest BCUT2D eigenvalue weighted by atomic mass is 16.5. The second-order valence-electron chi connectivity index (χ2n) is 7.85. The zero-order chi connectivity index (χ0) is 18.5. The van der Waals surface area contributed by atoms with Gasteiger partial charge < -0.3 is 9.64 Å². The maximum absolute atomic E-state index is 11.9. The first-order valence-corrected chi connectivity index (χ1v) is 8.95. The summed E-state index contributed by atoms with van der Waals surface area (Å²) in [5.41, 5.74) is 3.93. The molecule has 1 aromatic heterocycles. The SMILES string of the molecule is CC(=O)N1C[C@@](C)(CN2CCc3cc(C(=O)NO)cnc3C2)C2OC[C@H]21. The van der Waals surface area contributed by atoms with Crippen molar-refractivity contribution in [2.45, 2.75) is 39.0 Å². The first-order valence-electron chi connectivity index (χ1n) is 8.95. The Labute approximate surface area is 152 Å². The van der Waals surface area contributed by atoms with Gasteiger partial charge in [-0.3, -0.25) is 24.7 Å². The predicted octanol–water partition coefficient (Wildman–Crippen LogP) is 0.195. The zero-order valence-corrected chi connectivity index (χ0v) is 15.1. The van der Waals surface area contributed by atoms with Gasteiger partial charge in [0.25, 0.3) is 5.91 Å². The lowest BCUT2D eigenvalue weighted by molar-refractivity contribution is -0.150. The van der Waals surface area contributed by atoms with E-state index in [0.717, 1.165) is 37.3 Å². The number of carbonyl (C=O) groups is 2. The fourth-order valence-corrected chi connectivity index (χ4v) is 4.58. The minimum Gasteiger partial charge on any atom is -0.373 e. The van der Waals surface area contributed by atoms with Crippen LogP contribution in [0.25, 0.3) is 0 Å². The quantitative estimate of drug-likeness (QED) is 0.590. The predicted molar refractivity (Wildman–Crippen MR) is 91.5 cm³/mol. The number of nitrogens with one attached hydrogen (secondary N) is 1. The number of carbonyl (C=O) groups excluding carboxylic acids is 2. The maximum Gasteiger partial charge on any atom is 0.276 e. The smallest absolute Gasteiger partial charge is 0.276 e. The van der Waals surface area contributed by atoms with Crippen LogP contribution in [0.3, 0.4) is 0 Å². The van der Waals surface area contributed by atoms with Gasteiger partial charge in [0, 0.05) is 44.7 Å². The van der Waals surface area contributed by atoms with Crippen molar-refractivity contribution in [3.05, 3.63) is 29.1 Å². The molecule has 0 bridgehead atoms. The lowest BCUT2D eigenvalue weighted by atomic mass is 9.81. The summed E-state index contributed by atoms with van der Waals surface area (Å²) in [4.78, 5) is 32.1. The van der Waals surface area contributed by atoms with Crippen molar-refractivity contribution < 1.29 is 19.5 Å². The topological polar surface area (TPSA) is 95.0 Å². The Morgan fingerprint density at radius 2 is 2.31 bits per heavy atom. The summed E-state index contributed by atoms with van der Waals surface area (Å²) in [5.74, 6) is -0.425. The van der Waals surface area contributed by atoms with Crippen LogP contribution in [0, 0.1) is 5.41 Å². The summed E-state index contributed by atoms with van der Waals surface area (Å²) >= 11 is 0. The highest BCUT2D eigenvalue weighted by molar-refractivity contribution is 5.93. The number of hydrogen-bond acceptors (Lipinski definition) is 6. The first-order chi connectivity index (χ1) is 12.4. The number of fused-ring (bicyclic) bond motifs is 2. The van der Waals surface area contributed by atoms with Gasteiger partial charge in [0.2, 0.25) is 5.91 Å². The van der Waals surface area contributed by atoms with E-state index in [0.29, 0.717) is 18.7 Å². The molecule has 1 aromatic rings. The minimum absolute atomic E-state index is 0.0806. The number of amides is 2. The van der Waals surface area contributed by atoms with Gasteiger partial charge in [-0.25, -0.2) is 5.48 Å². The standard InChI is InChI=1S/C18H24N4O4/c1-11(23)22-10-18(2,16-15(22)8-26-16)9-21-4-3-12-5-13(17(24)20-25)6-19-14(12)7-21/h5-6,15-16,25H,3-4,7-10H2,1-2H3,(H,20,24)/t15-,16?,18-/m1/s1. The van der Waals surface area contributed by atoms with E-state index < -0.39 is 5.91 Å². The first kappa shape index (κ1) is 17.4. The Bertz CT molecular complexity index is 755. The van der Waals surface area contributed by atoms with Crippen molar-refractivity contribution in [3.63, 3.8) is 0 Å². The largest absolute Gasteiger partial charge is 0.373 e. The molecule has 2 fully saturated rings. The van der Waals surface area contributed by atoms with Crippen LogP contribution in [0.1, 0.15) is 35.5 Å². The van der Waals surface area contributed by atoms with Crippen LogP contribution in [0.4, 0.5) is 0 Å². The molecular formula is C18H24N4O4. The molecule has 0 aromatic carbocycles. The molecule has 0 radical (unpaired) electrons. The molecule has 2 amide bonds. The van der Waals surface area contributed by atoms with Crippen LogP contribution in [-0.2, 0) is 22.5 Å². The molecule has 4 rings (SSSR count). The van der Waals surface area contributed by atoms with E-state index in [9.17, 15) is 9.59 Å². The molecule has 3 aliphatic rings. The third-order valence-electron chi connectivity index (χ3n) is 5.90. The second-order valence-corrected chi connectivity index (χ2v) is 7.85. The van der Waals surface area contributed by atoms with Crippen molar-refractivity contribution in [3.8, 4) is 0 Å². The van der Waals surface area contributed by atoms with Crippen molar-refractivity contribution in [2.75, 3.05) is 26.2 Å². The highest BCUT2D eigenvalue weighted by Crippen LogP contribution is 2.43. The third-order valence-corrected chi connectivity index (χ3v) is 5.90. The van der Waals surface area contributed by atoms with E-state index in [1.54, 1.807) is 18.5 Å². The zero-order valence-electron chi connectivity index (χ0n) is 15.1. The van der Waals surface area contributed by atoms with Gasteiger partial charge in [-0.2, -0.15) is 0 Å². The highest BCUT2D eigenvalue weighted by Gasteiger charge is 2.57. The van der Waals surface area contributed by atoms with Crippen LogP contribution in [0.5, 0.6) is 0 Å². The van der Waals surface area contributed by atoms with Crippen LogP contribution in [0.15, 0.2) is 12.3 Å². The Hall–Kier alpha value is -2.03. The summed E-state index contributed by atoms with van der Waals surface area (Å²) in [6, 6.07) is 2.01. The van der Waals surface area contributed by atoms with Crippen molar-refractivity contribution >= 4 is 11.8 Å². The summed E-state index contributed by atoms with van der Waals surface area (Å²) in [7, 11) is 0. The van der Waals surface area contributed by atoms with Crippen LogP contribution in [0.2, 0.25) is 0 Å². The Morgan fingerprint density at radius 1 is 1.50 bits per heavy atom. The summed E-state index contributed by atoms with van der Waals surface area (Å²) in [6.07, 6.45) is 2.40. The van der Waals surface area contributed by atoms with Crippen LogP contribution in [-0.4, -0.2) is 70.2 Å². The summed E-state index contributed by atoms with van der Waals surface area (Å²) in [5, 5.41) is 8.76. The van der Waals surface area contributed by atoms with Gasteiger partial charge in [0.15, 0.2) is 0 Å². The van der Waals surface area contributed by atoms with Crippen LogP contribution >= 0.6 is 0 Å². The number of likely N-dealkylation sites (tertiary alicyclic amines) is 1. The molecule has 3 atom stereocenters. The Morgan fingerprint density at radius 3 is 2.92 bits per heavy atom. The molecule has 26 heavy (non-hydrogen) atoms. The van der Waals surface area contributed by atoms with E-state index in [4.69, 9.17) is 9.94 Å². The number of rotatable bonds is 3. The third kappa shape index (κ3) is 2.78. The van der Waals surface area contributed by atoms with E-state index in [-0.39, 0.29) is 23.5 Å². The average Bonchev–Trinajstić information content (AvgIpc) is 2.78. The molecule has 3 aliphatic heterocycles. The molecule has 2 saturated heterocycles. The molecule has 0 aliphatic carbocycles. The number of nitrogens with zero attached hydrogens (tertiary/aromatic N) is 3. The normalized spacial score (nSPS) is 30.3. The van der Waals surface area contributed by atoms with Gasteiger partial charge in [-0.15, -0.1) is 0 Å². The molecule has 1 unspecified atom stereocenters. The average molecular weight is 360 g/mol. The maximum atomic E-state index is 11.9. The van der Waals surface area contributed by atoms with E-state index >= 15 is 0 Å². The van der Waals surface area contributed by atoms with Crippen molar-refractivity contribution in [1.82, 2.24) is 20.3 Å². The Kier molecular flexibility index (Phi) is 4.21. The number of aromatic nitrogens is 1. The van der Waals surface area contributed by atoms with Crippen molar-refractivity contribution in [2.24, 2.45) is 5.41 Å². The van der Waals surface area contributed by atoms with Crippen molar-refractivity contribution in [1.29, 1.82) is 0 Å². The van der Waals surface area contributed by atoms with Gasteiger partial charge in [-0.1, -0.05) is 6.92 Å². The molecule has 8 heteroatoms. The summed E-state index contributed by atoms with van der Waals surface area (Å²) in [6.45, 7) is 7.62. The lowest BCUT2D eigenvalue weighted by Gasteiger charge is -2.43. The fraction of sp³-hybridized carbons (Fsp3) is 0.611. The van der Waals surface area contributed by atoms with E-state index in [1.807, 2.05) is 4.90 Å². The summed E-state index contributed by atoms with van der Waals surface area (Å²) < 4.78 is 5.81. The molecule has 2 N–H and O–H groups in total. The van der Waals surface area contributed by atoms with Gasteiger partial charge in [0.05, 0.1) is 30.0 Å². The van der Waals surface area contributed by atoms with Crippen LogP contribution < -0.4 is 5.48 Å². The molecule has 0 spiro atoms.